The normalized spacial score (nSPS) is 15.2. The van der Waals surface area contributed by atoms with Crippen molar-refractivity contribution in [3.8, 4) is 0 Å². The molecule has 1 aliphatic heterocycles. The standard InChI is InChI=1S/C23H31N5S/c1-4-19-15-20-22(25-16-26-23(20)29-19)24-8-5-9-27-10-12-28(13-11-27)21-14-17(2)6-7-18(21)3/h6-7,14-16H,4-5,8-13H2,1-3H3,(H,24,25,26). The second-order valence-electron chi connectivity index (χ2n) is 7.91. The highest BCUT2D eigenvalue weighted by molar-refractivity contribution is 7.18. The molecule has 4 rings (SSSR count). The fraction of sp³-hybridized carbons (Fsp3) is 0.478. The van der Waals surface area contributed by atoms with Crippen LogP contribution < -0.4 is 10.2 Å². The summed E-state index contributed by atoms with van der Waals surface area (Å²) in [5, 5.41) is 4.69. The minimum atomic E-state index is 0.945. The predicted octanol–water partition coefficient (Wildman–Crippen LogP) is 4.49. The van der Waals surface area contributed by atoms with Crippen molar-refractivity contribution in [3.05, 3.63) is 46.6 Å². The number of hydrogen-bond donors (Lipinski definition) is 1. The van der Waals surface area contributed by atoms with Crippen molar-refractivity contribution in [1.29, 1.82) is 0 Å². The van der Waals surface area contributed by atoms with Crippen LogP contribution in [-0.2, 0) is 6.42 Å². The van der Waals surface area contributed by atoms with Crippen molar-refractivity contribution in [2.24, 2.45) is 0 Å². The summed E-state index contributed by atoms with van der Waals surface area (Å²) in [6.45, 7) is 13.1. The molecule has 3 heterocycles. The zero-order chi connectivity index (χ0) is 20.2. The zero-order valence-electron chi connectivity index (χ0n) is 17.7. The zero-order valence-corrected chi connectivity index (χ0v) is 18.6. The number of fused-ring (bicyclic) bond motifs is 1. The molecule has 5 nitrogen and oxygen atoms in total. The van der Waals surface area contributed by atoms with Gasteiger partial charge in [-0.15, -0.1) is 11.3 Å². The minimum Gasteiger partial charge on any atom is -0.369 e. The molecule has 0 amide bonds. The Morgan fingerprint density at radius 2 is 1.90 bits per heavy atom. The number of benzene rings is 1. The number of nitrogens with zero attached hydrogens (tertiary/aromatic N) is 4. The van der Waals surface area contributed by atoms with Gasteiger partial charge in [-0.3, -0.25) is 4.90 Å². The maximum atomic E-state index is 4.46. The van der Waals surface area contributed by atoms with Crippen LogP contribution in [0.5, 0.6) is 0 Å². The Labute approximate surface area is 177 Å². The monoisotopic (exact) mass is 409 g/mol. The molecule has 0 atom stereocenters. The number of aromatic nitrogens is 2. The highest BCUT2D eigenvalue weighted by Gasteiger charge is 2.18. The summed E-state index contributed by atoms with van der Waals surface area (Å²) in [7, 11) is 0. The summed E-state index contributed by atoms with van der Waals surface area (Å²) >= 11 is 1.77. The van der Waals surface area contributed by atoms with Crippen molar-refractivity contribution in [1.82, 2.24) is 14.9 Å². The number of anilines is 2. The highest BCUT2D eigenvalue weighted by atomic mass is 32.1. The van der Waals surface area contributed by atoms with Crippen LogP contribution in [0.3, 0.4) is 0 Å². The van der Waals surface area contributed by atoms with Crippen molar-refractivity contribution >= 4 is 33.1 Å². The summed E-state index contributed by atoms with van der Waals surface area (Å²) in [6.07, 6.45) is 3.85. The Hall–Kier alpha value is -2.18. The first kappa shape index (κ1) is 20.1. The van der Waals surface area contributed by atoms with Gasteiger partial charge in [0.15, 0.2) is 0 Å². The molecule has 1 aromatic carbocycles. The smallest absolute Gasteiger partial charge is 0.138 e. The molecule has 1 aliphatic rings. The number of piperazine rings is 1. The molecule has 0 aliphatic carbocycles. The van der Waals surface area contributed by atoms with Crippen molar-refractivity contribution in [3.63, 3.8) is 0 Å². The summed E-state index contributed by atoms with van der Waals surface area (Å²) in [5.41, 5.74) is 4.12. The molecular formula is C23H31N5S. The average Bonchev–Trinajstić information content (AvgIpc) is 3.18. The largest absolute Gasteiger partial charge is 0.369 e. The van der Waals surface area contributed by atoms with Crippen LogP contribution in [0.15, 0.2) is 30.6 Å². The lowest BCUT2D eigenvalue weighted by Crippen LogP contribution is -2.47. The topological polar surface area (TPSA) is 44.3 Å². The first-order valence-electron chi connectivity index (χ1n) is 10.7. The highest BCUT2D eigenvalue weighted by Crippen LogP contribution is 2.28. The van der Waals surface area contributed by atoms with Crippen molar-refractivity contribution in [2.45, 2.75) is 33.6 Å². The number of aryl methyl sites for hydroxylation is 3. The van der Waals surface area contributed by atoms with Crippen LogP contribution in [-0.4, -0.2) is 54.1 Å². The van der Waals surface area contributed by atoms with E-state index in [0.29, 0.717) is 0 Å². The lowest BCUT2D eigenvalue weighted by Gasteiger charge is -2.37. The first-order chi connectivity index (χ1) is 14.1. The lowest BCUT2D eigenvalue weighted by atomic mass is 10.1. The predicted molar refractivity (Wildman–Crippen MR) is 124 cm³/mol. The Morgan fingerprint density at radius 1 is 1.07 bits per heavy atom. The van der Waals surface area contributed by atoms with E-state index in [9.17, 15) is 0 Å². The first-order valence-corrected chi connectivity index (χ1v) is 11.5. The van der Waals surface area contributed by atoms with E-state index in [0.717, 1.165) is 68.1 Å². The summed E-state index contributed by atoms with van der Waals surface area (Å²) < 4.78 is 0. The van der Waals surface area contributed by atoms with E-state index in [1.165, 1.54) is 21.7 Å². The van der Waals surface area contributed by atoms with E-state index in [2.05, 4.69) is 70.1 Å². The number of rotatable bonds is 7. The summed E-state index contributed by atoms with van der Waals surface area (Å²) in [5.74, 6) is 0.977. The van der Waals surface area contributed by atoms with Gasteiger partial charge in [-0.05, 0) is 56.5 Å². The van der Waals surface area contributed by atoms with Gasteiger partial charge < -0.3 is 10.2 Å². The van der Waals surface area contributed by atoms with Gasteiger partial charge in [-0.1, -0.05) is 19.1 Å². The van der Waals surface area contributed by atoms with Crippen molar-refractivity contribution in [2.75, 3.05) is 49.5 Å². The van der Waals surface area contributed by atoms with E-state index < -0.39 is 0 Å². The van der Waals surface area contributed by atoms with Crippen LogP contribution in [0.1, 0.15) is 29.3 Å². The second kappa shape index (κ2) is 9.09. The Morgan fingerprint density at radius 3 is 2.69 bits per heavy atom. The van der Waals surface area contributed by atoms with Crippen molar-refractivity contribution < 1.29 is 0 Å². The van der Waals surface area contributed by atoms with Gasteiger partial charge in [-0.25, -0.2) is 9.97 Å². The molecule has 2 aromatic heterocycles. The molecule has 3 aromatic rings. The number of thiophene rings is 1. The van der Waals surface area contributed by atoms with E-state index in [-0.39, 0.29) is 0 Å². The van der Waals surface area contributed by atoms with Gasteiger partial charge in [0.05, 0.1) is 5.39 Å². The van der Waals surface area contributed by atoms with Crippen LogP contribution in [0.4, 0.5) is 11.5 Å². The van der Waals surface area contributed by atoms with Gasteiger partial charge in [0, 0.05) is 43.3 Å². The maximum Gasteiger partial charge on any atom is 0.138 e. The molecular weight excluding hydrogens is 378 g/mol. The Balaban J connectivity index is 1.24. The van der Waals surface area contributed by atoms with E-state index in [1.807, 2.05) is 0 Å². The quantitative estimate of drug-likeness (QED) is 0.582. The van der Waals surface area contributed by atoms with E-state index in [4.69, 9.17) is 0 Å². The van der Waals surface area contributed by atoms with Gasteiger partial charge >= 0.3 is 0 Å². The average molecular weight is 410 g/mol. The van der Waals surface area contributed by atoms with E-state index >= 15 is 0 Å². The number of nitrogens with one attached hydrogen (secondary N) is 1. The van der Waals surface area contributed by atoms with Crippen LogP contribution >= 0.6 is 11.3 Å². The second-order valence-corrected chi connectivity index (χ2v) is 9.02. The molecule has 0 bridgehead atoms. The molecule has 0 unspecified atom stereocenters. The number of hydrogen-bond acceptors (Lipinski definition) is 6. The maximum absolute atomic E-state index is 4.46. The van der Waals surface area contributed by atoms with Gasteiger partial charge in [0.1, 0.15) is 17.0 Å². The SMILES string of the molecule is CCc1cc2c(NCCCN3CCN(c4cc(C)ccc4C)CC3)ncnc2s1. The molecule has 154 valence electrons. The lowest BCUT2D eigenvalue weighted by molar-refractivity contribution is 0.257. The summed E-state index contributed by atoms with van der Waals surface area (Å²) in [6, 6.07) is 9.00. The third kappa shape index (κ3) is 4.70. The van der Waals surface area contributed by atoms with Crippen LogP contribution in [0.25, 0.3) is 10.2 Å². The van der Waals surface area contributed by atoms with Gasteiger partial charge in [-0.2, -0.15) is 0 Å². The fourth-order valence-corrected chi connectivity index (χ4v) is 4.94. The summed E-state index contributed by atoms with van der Waals surface area (Å²) in [4.78, 5) is 16.4. The fourth-order valence-electron chi connectivity index (χ4n) is 4.00. The molecule has 0 saturated carbocycles. The molecule has 6 heteroatoms. The molecule has 1 N–H and O–H groups in total. The molecule has 29 heavy (non-hydrogen) atoms. The van der Waals surface area contributed by atoms with E-state index in [1.54, 1.807) is 17.7 Å². The third-order valence-electron chi connectivity index (χ3n) is 5.75. The Kier molecular flexibility index (Phi) is 6.31. The molecule has 1 saturated heterocycles. The van der Waals surface area contributed by atoms with Gasteiger partial charge in [0.25, 0.3) is 0 Å². The van der Waals surface area contributed by atoms with Crippen LogP contribution in [0, 0.1) is 13.8 Å². The van der Waals surface area contributed by atoms with Gasteiger partial charge in [0.2, 0.25) is 0 Å². The minimum absolute atomic E-state index is 0.945. The third-order valence-corrected chi connectivity index (χ3v) is 6.94. The molecule has 0 radical (unpaired) electrons. The molecule has 1 fully saturated rings. The van der Waals surface area contributed by atoms with Crippen LogP contribution in [0.2, 0.25) is 0 Å². The Bertz CT molecular complexity index is 959. The molecule has 0 spiro atoms.